The minimum atomic E-state index is 1.11. The molecule has 3 heteroatoms. The topological polar surface area (TPSA) is 8.17 Å². The third-order valence-corrected chi connectivity index (χ3v) is 11.9. The highest BCUT2D eigenvalue weighted by Crippen LogP contribution is 2.46. The summed E-state index contributed by atoms with van der Waals surface area (Å²) < 4.78 is 5.00. The van der Waals surface area contributed by atoms with Gasteiger partial charge in [0.2, 0.25) is 0 Å². The molecule has 11 aromatic rings. The van der Waals surface area contributed by atoms with E-state index in [9.17, 15) is 0 Å². The molecular formula is C50H32N2S. The number of aromatic nitrogens is 1. The Hall–Kier alpha value is -6.68. The Morgan fingerprint density at radius 2 is 1.06 bits per heavy atom. The van der Waals surface area contributed by atoms with Crippen LogP contribution in [0.3, 0.4) is 0 Å². The van der Waals surface area contributed by atoms with Crippen molar-refractivity contribution in [1.82, 2.24) is 4.57 Å². The van der Waals surface area contributed by atoms with Crippen molar-refractivity contribution in [2.45, 2.75) is 0 Å². The molecule has 2 aromatic heterocycles. The Morgan fingerprint density at radius 1 is 0.396 bits per heavy atom. The summed E-state index contributed by atoms with van der Waals surface area (Å²) in [6.07, 6.45) is 0. The van der Waals surface area contributed by atoms with E-state index in [0.717, 1.165) is 22.7 Å². The van der Waals surface area contributed by atoms with Gasteiger partial charge >= 0.3 is 0 Å². The number of nitrogens with zero attached hydrogens (tertiary/aromatic N) is 2. The average molecular weight is 693 g/mol. The van der Waals surface area contributed by atoms with E-state index in [1.807, 2.05) is 11.3 Å². The van der Waals surface area contributed by atoms with E-state index in [1.165, 1.54) is 74.6 Å². The third kappa shape index (κ3) is 4.78. The summed E-state index contributed by atoms with van der Waals surface area (Å²) in [5, 5.41) is 10.2. The van der Waals surface area contributed by atoms with E-state index in [-0.39, 0.29) is 0 Å². The van der Waals surface area contributed by atoms with Crippen molar-refractivity contribution in [2.24, 2.45) is 0 Å². The zero-order valence-corrected chi connectivity index (χ0v) is 29.6. The molecule has 0 amide bonds. The molecule has 0 aliphatic carbocycles. The maximum absolute atomic E-state index is 2.46. The van der Waals surface area contributed by atoms with Crippen LogP contribution in [0.25, 0.3) is 80.3 Å². The van der Waals surface area contributed by atoms with Crippen LogP contribution in [0.2, 0.25) is 0 Å². The second-order valence-corrected chi connectivity index (χ2v) is 14.8. The van der Waals surface area contributed by atoms with Crippen LogP contribution >= 0.6 is 11.3 Å². The number of benzene rings is 9. The molecule has 0 radical (unpaired) electrons. The standard InChI is InChI=1S/C50H32N2S/c1-2-15-37(16-3-1)52-46-21-11-9-19-42(46)43-27-25-38(31-47(43)52)51(45-20-10-8-17-40(45)36-23-22-33-12-4-5-14-35(33)30-36)39-26-28-44-49(32-39)53-48-29-24-34-13-6-7-18-41(34)50(44)48/h1-32H. The molecule has 53 heavy (non-hydrogen) atoms. The summed E-state index contributed by atoms with van der Waals surface area (Å²) in [5.41, 5.74) is 9.28. The number of fused-ring (bicyclic) bond motifs is 9. The van der Waals surface area contributed by atoms with Gasteiger partial charge in [-0.15, -0.1) is 11.3 Å². The molecular weight excluding hydrogens is 661 g/mol. The van der Waals surface area contributed by atoms with Gasteiger partial charge < -0.3 is 9.47 Å². The predicted octanol–water partition coefficient (Wildman–Crippen LogP) is 14.6. The van der Waals surface area contributed by atoms with E-state index < -0.39 is 0 Å². The molecule has 248 valence electrons. The first kappa shape index (κ1) is 30.0. The van der Waals surface area contributed by atoms with Crippen molar-refractivity contribution in [3.8, 4) is 16.8 Å². The molecule has 0 unspecified atom stereocenters. The van der Waals surface area contributed by atoms with Crippen LogP contribution in [-0.2, 0) is 0 Å². The van der Waals surface area contributed by atoms with Crippen LogP contribution in [0.4, 0.5) is 17.1 Å². The van der Waals surface area contributed by atoms with Gasteiger partial charge in [0, 0.05) is 53.6 Å². The zero-order valence-electron chi connectivity index (χ0n) is 28.8. The smallest absolute Gasteiger partial charge is 0.0561 e. The molecule has 0 bridgehead atoms. The van der Waals surface area contributed by atoms with Gasteiger partial charge in [-0.05, 0) is 87.8 Å². The number of hydrogen-bond donors (Lipinski definition) is 0. The van der Waals surface area contributed by atoms with Gasteiger partial charge in [0.25, 0.3) is 0 Å². The minimum absolute atomic E-state index is 1.11. The Labute approximate surface area is 311 Å². The first-order chi connectivity index (χ1) is 26.3. The molecule has 0 atom stereocenters. The van der Waals surface area contributed by atoms with E-state index in [0.29, 0.717) is 0 Å². The molecule has 9 aromatic carbocycles. The van der Waals surface area contributed by atoms with E-state index >= 15 is 0 Å². The average Bonchev–Trinajstić information content (AvgIpc) is 3.77. The fraction of sp³-hybridized carbons (Fsp3) is 0. The molecule has 0 saturated carbocycles. The Balaban J connectivity index is 1.18. The molecule has 0 N–H and O–H groups in total. The highest BCUT2D eigenvalue weighted by atomic mass is 32.1. The van der Waals surface area contributed by atoms with Crippen molar-refractivity contribution in [1.29, 1.82) is 0 Å². The van der Waals surface area contributed by atoms with Gasteiger partial charge in [-0.3, -0.25) is 0 Å². The van der Waals surface area contributed by atoms with Gasteiger partial charge in [-0.25, -0.2) is 0 Å². The van der Waals surface area contributed by atoms with Crippen molar-refractivity contribution >= 4 is 91.9 Å². The lowest BCUT2D eigenvalue weighted by molar-refractivity contribution is 1.18. The first-order valence-corrected chi connectivity index (χ1v) is 18.9. The molecule has 0 saturated heterocycles. The number of anilines is 3. The molecule has 0 aliphatic heterocycles. The Morgan fingerprint density at radius 3 is 1.94 bits per heavy atom. The van der Waals surface area contributed by atoms with Gasteiger partial charge in [0.1, 0.15) is 0 Å². The molecule has 2 nitrogen and oxygen atoms in total. The van der Waals surface area contributed by atoms with Crippen LogP contribution in [0.1, 0.15) is 0 Å². The fourth-order valence-corrected chi connectivity index (χ4v) is 9.48. The highest BCUT2D eigenvalue weighted by Gasteiger charge is 2.21. The first-order valence-electron chi connectivity index (χ1n) is 18.1. The number of rotatable bonds is 5. The normalized spacial score (nSPS) is 11.8. The van der Waals surface area contributed by atoms with Crippen LogP contribution in [-0.4, -0.2) is 4.57 Å². The molecule has 2 heterocycles. The lowest BCUT2D eigenvalue weighted by Gasteiger charge is -2.28. The zero-order chi connectivity index (χ0) is 34.9. The second-order valence-electron chi connectivity index (χ2n) is 13.7. The van der Waals surface area contributed by atoms with Crippen LogP contribution in [0, 0.1) is 0 Å². The highest BCUT2D eigenvalue weighted by molar-refractivity contribution is 7.26. The SMILES string of the molecule is c1ccc(-n2c3ccccc3c3ccc(N(c4ccc5c(c4)sc4ccc6ccccc6c45)c4ccccc4-c4ccc5ccccc5c4)cc32)cc1. The monoisotopic (exact) mass is 692 g/mol. The molecule has 0 spiro atoms. The van der Waals surface area contributed by atoms with Crippen molar-refractivity contribution in [3.05, 3.63) is 194 Å². The van der Waals surface area contributed by atoms with Gasteiger partial charge in [0.15, 0.2) is 0 Å². The Kier molecular flexibility index (Phi) is 6.76. The number of para-hydroxylation sites is 3. The van der Waals surface area contributed by atoms with Crippen molar-refractivity contribution in [2.75, 3.05) is 4.90 Å². The maximum atomic E-state index is 2.46. The summed E-state index contributed by atoms with van der Waals surface area (Å²) in [6.45, 7) is 0. The third-order valence-electron chi connectivity index (χ3n) is 10.7. The van der Waals surface area contributed by atoms with E-state index in [1.54, 1.807) is 0 Å². The summed E-state index contributed by atoms with van der Waals surface area (Å²) >= 11 is 1.87. The molecule has 0 aliphatic rings. The molecule has 11 rings (SSSR count). The van der Waals surface area contributed by atoms with Crippen LogP contribution < -0.4 is 4.90 Å². The summed E-state index contributed by atoms with van der Waals surface area (Å²) in [6, 6.07) is 71.0. The Bertz CT molecular complexity index is 3190. The van der Waals surface area contributed by atoms with E-state index in [4.69, 9.17) is 0 Å². The summed E-state index contributed by atoms with van der Waals surface area (Å²) in [7, 11) is 0. The van der Waals surface area contributed by atoms with Gasteiger partial charge in [-0.2, -0.15) is 0 Å². The van der Waals surface area contributed by atoms with Gasteiger partial charge in [0.05, 0.1) is 16.7 Å². The predicted molar refractivity (Wildman–Crippen MR) is 229 cm³/mol. The quantitative estimate of drug-likeness (QED) is 0.174. The van der Waals surface area contributed by atoms with Gasteiger partial charge in [-0.1, -0.05) is 133 Å². The largest absolute Gasteiger partial charge is 0.310 e. The minimum Gasteiger partial charge on any atom is -0.310 e. The van der Waals surface area contributed by atoms with Crippen LogP contribution in [0.15, 0.2) is 194 Å². The summed E-state index contributed by atoms with van der Waals surface area (Å²) in [5.74, 6) is 0. The number of hydrogen-bond acceptors (Lipinski definition) is 2. The lowest BCUT2D eigenvalue weighted by atomic mass is 9.98. The fourth-order valence-electron chi connectivity index (χ4n) is 8.32. The van der Waals surface area contributed by atoms with Crippen molar-refractivity contribution < 1.29 is 0 Å². The van der Waals surface area contributed by atoms with Crippen molar-refractivity contribution in [3.63, 3.8) is 0 Å². The van der Waals surface area contributed by atoms with Crippen LogP contribution in [0.5, 0.6) is 0 Å². The second kappa shape index (κ2) is 11.9. The van der Waals surface area contributed by atoms with E-state index in [2.05, 4.69) is 204 Å². The molecule has 0 fully saturated rings. The summed E-state index contributed by atoms with van der Waals surface area (Å²) in [4.78, 5) is 2.46. The maximum Gasteiger partial charge on any atom is 0.0561 e. The lowest BCUT2D eigenvalue weighted by Crippen LogP contribution is -2.11. The number of thiophene rings is 1.